The Morgan fingerprint density at radius 2 is 1.88 bits per heavy atom. The summed E-state index contributed by atoms with van der Waals surface area (Å²) in [4.78, 5) is 11.8. The molecule has 0 unspecified atom stereocenters. The molecule has 0 spiro atoms. The van der Waals surface area contributed by atoms with Gasteiger partial charge in [0.25, 0.3) is 0 Å². The van der Waals surface area contributed by atoms with Crippen molar-refractivity contribution in [3.8, 4) is 0 Å². The highest BCUT2D eigenvalue weighted by molar-refractivity contribution is 6.30. The van der Waals surface area contributed by atoms with Gasteiger partial charge in [-0.1, -0.05) is 18.0 Å². The first-order valence-corrected chi connectivity index (χ1v) is 6.19. The number of aliphatic hydroxyl groups is 1. The molecule has 0 aliphatic heterocycles. The van der Waals surface area contributed by atoms with Crippen LogP contribution in [0.1, 0.15) is 36.0 Å². The lowest BCUT2D eigenvalue weighted by molar-refractivity contribution is -0.0360. The first-order chi connectivity index (χ1) is 8.16. The second kappa shape index (κ2) is 5.52. The third kappa shape index (κ3) is 3.20. The molecule has 1 aromatic rings. The van der Waals surface area contributed by atoms with Crippen LogP contribution >= 0.6 is 11.6 Å². The molecule has 1 saturated carbocycles. The van der Waals surface area contributed by atoms with Crippen LogP contribution in [0.3, 0.4) is 0 Å². The summed E-state index contributed by atoms with van der Waals surface area (Å²) in [6, 6.07) is 6.55. The number of hydrogen-bond donors (Lipinski definition) is 1. The van der Waals surface area contributed by atoms with E-state index in [1.807, 2.05) is 0 Å². The second-order valence-electron chi connectivity index (χ2n) is 4.30. The van der Waals surface area contributed by atoms with E-state index >= 15 is 0 Å². The average Bonchev–Trinajstić information content (AvgIpc) is 2.33. The van der Waals surface area contributed by atoms with Gasteiger partial charge in [-0.15, -0.1) is 0 Å². The first-order valence-electron chi connectivity index (χ1n) is 5.81. The molecular weight excluding hydrogens is 240 g/mol. The highest BCUT2D eigenvalue weighted by Gasteiger charge is 2.26. The minimum atomic E-state index is -0.528. The molecule has 0 amide bonds. The average molecular weight is 255 g/mol. The van der Waals surface area contributed by atoms with Gasteiger partial charge in [0.15, 0.2) is 0 Å². The molecule has 3 nitrogen and oxygen atoms in total. The van der Waals surface area contributed by atoms with Crippen molar-refractivity contribution in [1.82, 2.24) is 0 Å². The summed E-state index contributed by atoms with van der Waals surface area (Å²) in [5, 5.41) is 10.3. The van der Waals surface area contributed by atoms with E-state index < -0.39 is 12.1 Å². The number of halogens is 1. The van der Waals surface area contributed by atoms with E-state index in [-0.39, 0.29) is 6.10 Å². The summed E-state index contributed by atoms with van der Waals surface area (Å²) in [7, 11) is 0. The van der Waals surface area contributed by atoms with E-state index in [0.717, 1.165) is 19.3 Å². The maximum atomic E-state index is 11.8. The van der Waals surface area contributed by atoms with Crippen molar-refractivity contribution in [2.24, 2.45) is 0 Å². The van der Waals surface area contributed by atoms with Crippen LogP contribution in [0.4, 0.5) is 0 Å². The molecule has 0 radical (unpaired) electrons. The van der Waals surface area contributed by atoms with Gasteiger partial charge in [-0.25, -0.2) is 4.79 Å². The van der Waals surface area contributed by atoms with Crippen molar-refractivity contribution >= 4 is 17.6 Å². The predicted octanol–water partition coefficient (Wildman–Crippen LogP) is 2.80. The molecular formula is C13H15ClO3. The molecule has 1 aromatic carbocycles. The van der Waals surface area contributed by atoms with Crippen LogP contribution in [0.5, 0.6) is 0 Å². The molecule has 1 N–H and O–H groups in total. The number of benzene rings is 1. The van der Waals surface area contributed by atoms with Crippen molar-refractivity contribution in [1.29, 1.82) is 0 Å². The smallest absolute Gasteiger partial charge is 0.338 e. The topological polar surface area (TPSA) is 46.5 Å². The van der Waals surface area contributed by atoms with Crippen LogP contribution in [-0.2, 0) is 4.74 Å². The quantitative estimate of drug-likeness (QED) is 0.826. The van der Waals surface area contributed by atoms with Crippen molar-refractivity contribution in [3.63, 3.8) is 0 Å². The maximum absolute atomic E-state index is 11.8. The molecule has 2 atom stereocenters. The van der Waals surface area contributed by atoms with Gasteiger partial charge in [0.2, 0.25) is 0 Å². The Morgan fingerprint density at radius 3 is 2.53 bits per heavy atom. The van der Waals surface area contributed by atoms with Crippen molar-refractivity contribution < 1.29 is 14.6 Å². The summed E-state index contributed by atoms with van der Waals surface area (Å²) in [6.45, 7) is 0. The number of hydrogen-bond acceptors (Lipinski definition) is 3. The molecule has 0 heterocycles. The van der Waals surface area contributed by atoms with Gasteiger partial charge in [-0.2, -0.15) is 0 Å². The number of carbonyl (C=O) groups is 1. The Labute approximate surface area is 105 Å². The van der Waals surface area contributed by atoms with Gasteiger partial charge in [-0.3, -0.25) is 0 Å². The van der Waals surface area contributed by atoms with E-state index in [1.54, 1.807) is 24.3 Å². The monoisotopic (exact) mass is 254 g/mol. The lowest BCUT2D eigenvalue weighted by atomic mass is 9.95. The van der Waals surface area contributed by atoms with Crippen LogP contribution in [0.2, 0.25) is 5.02 Å². The molecule has 92 valence electrons. The standard InChI is InChI=1S/C13H15ClO3/c14-10-7-5-9(6-8-10)13(16)17-12-4-2-1-3-11(12)15/h5-8,11-12,15H,1-4H2/t11-,12-/m1/s1. The number of aliphatic hydroxyl groups excluding tert-OH is 1. The fourth-order valence-corrected chi connectivity index (χ4v) is 2.13. The van der Waals surface area contributed by atoms with Crippen molar-refractivity contribution in [3.05, 3.63) is 34.9 Å². The SMILES string of the molecule is O=C(O[C@@H]1CCCC[C@H]1O)c1ccc(Cl)cc1. The van der Waals surface area contributed by atoms with E-state index in [4.69, 9.17) is 16.3 Å². The van der Waals surface area contributed by atoms with Crippen LogP contribution < -0.4 is 0 Å². The summed E-state index contributed by atoms with van der Waals surface area (Å²) >= 11 is 5.74. The Kier molecular flexibility index (Phi) is 4.02. The normalized spacial score (nSPS) is 24.4. The van der Waals surface area contributed by atoms with Gasteiger partial charge >= 0.3 is 5.97 Å². The summed E-state index contributed by atoms with van der Waals surface area (Å²) < 4.78 is 5.30. The zero-order valence-electron chi connectivity index (χ0n) is 9.43. The third-order valence-electron chi connectivity index (χ3n) is 3.01. The molecule has 1 aliphatic carbocycles. The first kappa shape index (κ1) is 12.4. The number of esters is 1. The Balaban J connectivity index is 1.98. The van der Waals surface area contributed by atoms with E-state index in [1.165, 1.54) is 0 Å². The second-order valence-corrected chi connectivity index (χ2v) is 4.74. The maximum Gasteiger partial charge on any atom is 0.338 e. The zero-order chi connectivity index (χ0) is 12.3. The minimum absolute atomic E-state index is 0.369. The molecule has 0 saturated heterocycles. The minimum Gasteiger partial charge on any atom is -0.456 e. The van der Waals surface area contributed by atoms with Crippen molar-refractivity contribution in [2.75, 3.05) is 0 Å². The molecule has 1 fully saturated rings. The molecule has 0 bridgehead atoms. The lowest BCUT2D eigenvalue weighted by Crippen LogP contribution is -2.34. The van der Waals surface area contributed by atoms with E-state index in [0.29, 0.717) is 17.0 Å². The molecule has 2 rings (SSSR count). The number of ether oxygens (including phenoxy) is 1. The summed E-state index contributed by atoms with van der Waals surface area (Å²) in [5.41, 5.74) is 0.465. The van der Waals surface area contributed by atoms with Crippen LogP contribution in [-0.4, -0.2) is 23.3 Å². The fourth-order valence-electron chi connectivity index (χ4n) is 2.01. The fraction of sp³-hybridized carbons (Fsp3) is 0.462. The van der Waals surface area contributed by atoms with E-state index in [2.05, 4.69) is 0 Å². The van der Waals surface area contributed by atoms with Gasteiger partial charge in [-0.05, 0) is 43.5 Å². The Bertz CT molecular complexity index is 388. The number of rotatable bonds is 2. The van der Waals surface area contributed by atoms with E-state index in [9.17, 15) is 9.90 Å². The predicted molar refractivity (Wildman–Crippen MR) is 65.1 cm³/mol. The van der Waals surface area contributed by atoms with Crippen LogP contribution in [0.15, 0.2) is 24.3 Å². The highest BCUT2D eigenvalue weighted by atomic mass is 35.5. The number of carbonyl (C=O) groups excluding carboxylic acids is 1. The van der Waals surface area contributed by atoms with Gasteiger partial charge < -0.3 is 9.84 Å². The zero-order valence-corrected chi connectivity index (χ0v) is 10.2. The Morgan fingerprint density at radius 1 is 1.24 bits per heavy atom. The van der Waals surface area contributed by atoms with Gasteiger partial charge in [0.1, 0.15) is 6.10 Å². The molecule has 0 aromatic heterocycles. The largest absolute Gasteiger partial charge is 0.456 e. The lowest BCUT2D eigenvalue weighted by Gasteiger charge is -2.27. The molecule has 17 heavy (non-hydrogen) atoms. The van der Waals surface area contributed by atoms with Crippen molar-refractivity contribution in [2.45, 2.75) is 37.9 Å². The summed E-state index contributed by atoms with van der Waals surface area (Å²) in [6.07, 6.45) is 2.54. The Hall–Kier alpha value is -1.06. The van der Waals surface area contributed by atoms with Gasteiger partial charge in [0.05, 0.1) is 11.7 Å². The highest BCUT2D eigenvalue weighted by Crippen LogP contribution is 2.22. The summed E-state index contributed by atoms with van der Waals surface area (Å²) in [5.74, 6) is -0.396. The third-order valence-corrected chi connectivity index (χ3v) is 3.26. The molecule has 1 aliphatic rings. The van der Waals surface area contributed by atoms with Crippen LogP contribution in [0, 0.1) is 0 Å². The van der Waals surface area contributed by atoms with Gasteiger partial charge in [0, 0.05) is 5.02 Å². The molecule has 4 heteroatoms. The van der Waals surface area contributed by atoms with Crippen LogP contribution in [0.25, 0.3) is 0 Å².